The molecule has 2 atom stereocenters. The van der Waals surface area contributed by atoms with Crippen LogP contribution in [0.1, 0.15) is 46.5 Å². The highest BCUT2D eigenvalue weighted by atomic mass is 16.2. The van der Waals surface area contributed by atoms with E-state index < -0.39 is 17.7 Å². The van der Waals surface area contributed by atoms with E-state index in [0.717, 1.165) is 12.8 Å². The number of piperidine rings is 1. The SMILES string of the molecule is CCCC(=O)N1CCC[C@@H](C(=O)[C@H](C#N)C(=O)NC(C)C)C1. The van der Waals surface area contributed by atoms with Crippen LogP contribution in [0.4, 0.5) is 0 Å². The first kappa shape index (κ1) is 18.1. The zero-order valence-electron chi connectivity index (χ0n) is 13.6. The lowest BCUT2D eigenvalue weighted by atomic mass is 9.86. The van der Waals surface area contributed by atoms with Gasteiger partial charge in [-0.05, 0) is 33.1 Å². The maximum atomic E-state index is 12.5. The van der Waals surface area contributed by atoms with Crippen LogP contribution in [-0.2, 0) is 14.4 Å². The Morgan fingerprint density at radius 2 is 2.05 bits per heavy atom. The van der Waals surface area contributed by atoms with E-state index in [2.05, 4.69) is 5.32 Å². The van der Waals surface area contributed by atoms with E-state index in [1.165, 1.54) is 0 Å². The molecule has 0 spiro atoms. The number of ketones is 1. The van der Waals surface area contributed by atoms with Gasteiger partial charge in [0.2, 0.25) is 11.8 Å². The number of hydrogen-bond acceptors (Lipinski definition) is 4. The molecule has 2 amide bonds. The van der Waals surface area contributed by atoms with Gasteiger partial charge in [-0.25, -0.2) is 0 Å². The highest BCUT2D eigenvalue weighted by Gasteiger charge is 2.35. The van der Waals surface area contributed by atoms with Crippen LogP contribution in [0.15, 0.2) is 0 Å². The molecule has 1 rings (SSSR count). The minimum absolute atomic E-state index is 0.0418. The van der Waals surface area contributed by atoms with Crippen LogP contribution in [0.3, 0.4) is 0 Å². The molecule has 0 aliphatic carbocycles. The number of nitrogens with zero attached hydrogens (tertiary/aromatic N) is 2. The number of likely N-dealkylation sites (tertiary alicyclic amines) is 1. The van der Waals surface area contributed by atoms with Gasteiger partial charge in [0, 0.05) is 31.5 Å². The molecule has 0 saturated carbocycles. The maximum Gasteiger partial charge on any atom is 0.245 e. The molecule has 0 aromatic heterocycles. The van der Waals surface area contributed by atoms with Crippen molar-refractivity contribution in [2.45, 2.75) is 52.5 Å². The van der Waals surface area contributed by atoms with E-state index in [1.807, 2.05) is 13.0 Å². The molecule has 1 aliphatic heterocycles. The lowest BCUT2D eigenvalue weighted by molar-refractivity contribution is -0.137. The second kappa shape index (κ2) is 8.52. The third-order valence-electron chi connectivity index (χ3n) is 3.75. The zero-order chi connectivity index (χ0) is 16.7. The van der Waals surface area contributed by atoms with Crippen molar-refractivity contribution >= 4 is 17.6 Å². The van der Waals surface area contributed by atoms with Crippen molar-refractivity contribution in [1.29, 1.82) is 5.26 Å². The fourth-order valence-electron chi connectivity index (χ4n) is 2.66. The number of hydrogen-bond donors (Lipinski definition) is 1. The van der Waals surface area contributed by atoms with Crippen LogP contribution < -0.4 is 5.32 Å². The van der Waals surface area contributed by atoms with E-state index in [-0.39, 0.29) is 17.7 Å². The largest absolute Gasteiger partial charge is 0.352 e. The van der Waals surface area contributed by atoms with Crippen molar-refractivity contribution in [1.82, 2.24) is 10.2 Å². The van der Waals surface area contributed by atoms with E-state index in [9.17, 15) is 14.4 Å². The van der Waals surface area contributed by atoms with Crippen molar-refractivity contribution in [3.05, 3.63) is 0 Å². The molecule has 0 aromatic rings. The van der Waals surface area contributed by atoms with Crippen molar-refractivity contribution in [2.75, 3.05) is 13.1 Å². The van der Waals surface area contributed by atoms with Gasteiger partial charge in [-0.1, -0.05) is 6.92 Å². The van der Waals surface area contributed by atoms with Gasteiger partial charge in [-0.2, -0.15) is 5.26 Å². The van der Waals surface area contributed by atoms with Crippen LogP contribution >= 0.6 is 0 Å². The Kier molecular flexibility index (Phi) is 7.03. The molecule has 6 heteroatoms. The summed E-state index contributed by atoms with van der Waals surface area (Å²) in [5.74, 6) is -2.57. The summed E-state index contributed by atoms with van der Waals surface area (Å²) in [6.07, 6.45) is 2.60. The van der Waals surface area contributed by atoms with E-state index in [1.54, 1.807) is 18.7 Å². The van der Waals surface area contributed by atoms with Gasteiger partial charge in [-0.15, -0.1) is 0 Å². The molecule has 0 radical (unpaired) electrons. The third-order valence-corrected chi connectivity index (χ3v) is 3.75. The summed E-state index contributed by atoms with van der Waals surface area (Å²) in [4.78, 5) is 38.0. The minimum Gasteiger partial charge on any atom is -0.352 e. The van der Waals surface area contributed by atoms with Crippen LogP contribution in [0.2, 0.25) is 0 Å². The third kappa shape index (κ3) is 4.83. The number of nitriles is 1. The predicted octanol–water partition coefficient (Wildman–Crippen LogP) is 1.26. The molecular weight excluding hydrogens is 282 g/mol. The first-order valence-corrected chi connectivity index (χ1v) is 7.92. The molecule has 1 N–H and O–H groups in total. The van der Waals surface area contributed by atoms with Gasteiger partial charge in [0.05, 0.1) is 6.07 Å². The van der Waals surface area contributed by atoms with Crippen LogP contribution in [0.5, 0.6) is 0 Å². The number of carbonyl (C=O) groups excluding carboxylic acids is 3. The standard InChI is InChI=1S/C16H25N3O3/c1-4-6-14(20)19-8-5-7-12(10-19)15(21)13(9-17)16(22)18-11(2)3/h11-13H,4-8,10H2,1-3H3,(H,18,22)/t12-,13+/m1/s1. The lowest BCUT2D eigenvalue weighted by Gasteiger charge is -2.32. The second-order valence-corrected chi connectivity index (χ2v) is 6.06. The van der Waals surface area contributed by atoms with Crippen molar-refractivity contribution < 1.29 is 14.4 Å². The van der Waals surface area contributed by atoms with Crippen molar-refractivity contribution in [2.24, 2.45) is 11.8 Å². The summed E-state index contributed by atoms with van der Waals surface area (Å²) in [7, 11) is 0. The first-order chi connectivity index (χ1) is 10.4. The summed E-state index contributed by atoms with van der Waals surface area (Å²) in [6.45, 7) is 6.47. The summed E-state index contributed by atoms with van der Waals surface area (Å²) in [6, 6.07) is 1.69. The summed E-state index contributed by atoms with van der Waals surface area (Å²) < 4.78 is 0. The lowest BCUT2D eigenvalue weighted by Crippen LogP contribution is -2.46. The van der Waals surface area contributed by atoms with E-state index in [0.29, 0.717) is 25.9 Å². The molecule has 22 heavy (non-hydrogen) atoms. The summed E-state index contributed by atoms with van der Waals surface area (Å²) in [5, 5.41) is 11.8. The minimum atomic E-state index is -1.28. The molecule has 1 heterocycles. The topological polar surface area (TPSA) is 90.3 Å². The Labute approximate surface area is 131 Å². The fraction of sp³-hybridized carbons (Fsp3) is 0.750. The molecular formula is C16H25N3O3. The van der Waals surface area contributed by atoms with E-state index in [4.69, 9.17) is 5.26 Å². The molecule has 0 unspecified atom stereocenters. The highest BCUT2D eigenvalue weighted by Crippen LogP contribution is 2.21. The smallest absolute Gasteiger partial charge is 0.245 e. The molecule has 1 aliphatic rings. The van der Waals surface area contributed by atoms with E-state index >= 15 is 0 Å². The van der Waals surface area contributed by atoms with Crippen molar-refractivity contribution in [3.63, 3.8) is 0 Å². The summed E-state index contributed by atoms with van der Waals surface area (Å²) in [5.41, 5.74) is 0. The van der Waals surface area contributed by atoms with Crippen LogP contribution in [0, 0.1) is 23.2 Å². The fourth-order valence-corrected chi connectivity index (χ4v) is 2.66. The molecule has 1 fully saturated rings. The molecule has 1 saturated heterocycles. The number of rotatable bonds is 6. The predicted molar refractivity (Wildman–Crippen MR) is 81.6 cm³/mol. The number of Topliss-reactive ketones (excluding diaryl/α,β-unsaturated/α-hetero) is 1. The van der Waals surface area contributed by atoms with Gasteiger partial charge >= 0.3 is 0 Å². The monoisotopic (exact) mass is 307 g/mol. The quantitative estimate of drug-likeness (QED) is 0.748. The molecule has 6 nitrogen and oxygen atoms in total. The molecule has 0 bridgehead atoms. The van der Waals surface area contributed by atoms with Gasteiger partial charge in [-0.3, -0.25) is 14.4 Å². The van der Waals surface area contributed by atoms with Gasteiger partial charge < -0.3 is 10.2 Å². The molecule has 122 valence electrons. The normalized spacial score (nSPS) is 19.4. The van der Waals surface area contributed by atoms with Gasteiger partial charge in [0.1, 0.15) is 0 Å². The Morgan fingerprint density at radius 1 is 1.36 bits per heavy atom. The Hall–Kier alpha value is -1.90. The maximum absolute atomic E-state index is 12.5. The first-order valence-electron chi connectivity index (χ1n) is 7.92. The van der Waals surface area contributed by atoms with Gasteiger partial charge in [0.15, 0.2) is 11.7 Å². The average molecular weight is 307 g/mol. The Bertz CT molecular complexity index is 468. The van der Waals surface area contributed by atoms with Gasteiger partial charge in [0.25, 0.3) is 0 Å². The number of amides is 2. The Morgan fingerprint density at radius 3 is 2.59 bits per heavy atom. The average Bonchev–Trinajstić information content (AvgIpc) is 2.47. The number of nitrogens with one attached hydrogen (secondary N) is 1. The van der Waals surface area contributed by atoms with Crippen LogP contribution in [0.25, 0.3) is 0 Å². The zero-order valence-corrected chi connectivity index (χ0v) is 13.6. The molecule has 0 aromatic carbocycles. The Balaban J connectivity index is 2.72. The summed E-state index contributed by atoms with van der Waals surface area (Å²) >= 11 is 0. The van der Waals surface area contributed by atoms with Crippen LogP contribution in [-0.4, -0.2) is 41.6 Å². The van der Waals surface area contributed by atoms with Crippen molar-refractivity contribution in [3.8, 4) is 6.07 Å². The number of carbonyl (C=O) groups is 3. The highest BCUT2D eigenvalue weighted by molar-refractivity contribution is 6.05. The second-order valence-electron chi connectivity index (χ2n) is 6.06.